The third-order valence-electron chi connectivity index (χ3n) is 8.95. The number of carbonyl (C=O) groups excluding carboxylic acids is 1. The van der Waals surface area contributed by atoms with Gasteiger partial charge in [0.05, 0.1) is 12.2 Å². The minimum Gasteiger partial charge on any atom is -0.393 e. The van der Waals surface area contributed by atoms with Gasteiger partial charge >= 0.3 is 0 Å². The number of rotatable bonds is 2. The number of allylic oxidation sites excluding steroid dienone is 1. The van der Waals surface area contributed by atoms with Crippen LogP contribution in [0.15, 0.2) is 22.8 Å². The van der Waals surface area contributed by atoms with Crippen LogP contribution >= 0.6 is 0 Å². The summed E-state index contributed by atoms with van der Waals surface area (Å²) < 4.78 is 0. The molecule has 0 spiro atoms. The first-order valence-electron chi connectivity index (χ1n) is 9.83. The second-order valence-electron chi connectivity index (χ2n) is 9.76. The van der Waals surface area contributed by atoms with E-state index >= 15 is 0 Å². The molecular formula is C21H28O5. The maximum absolute atomic E-state index is 12.8. The number of ketones is 1. The maximum atomic E-state index is 12.8. The molecule has 2 unspecified atom stereocenters. The Labute approximate surface area is 153 Å². The van der Waals surface area contributed by atoms with Crippen molar-refractivity contribution in [3.63, 3.8) is 0 Å². The molecule has 0 radical (unpaired) electrons. The van der Waals surface area contributed by atoms with Crippen molar-refractivity contribution in [3.8, 4) is 0 Å². The van der Waals surface area contributed by atoms with Crippen molar-refractivity contribution in [2.45, 2.75) is 63.8 Å². The molecule has 0 heterocycles. The Morgan fingerprint density at radius 1 is 1.27 bits per heavy atom. The summed E-state index contributed by atoms with van der Waals surface area (Å²) in [6.07, 6.45) is 3.81. The van der Waals surface area contributed by atoms with Gasteiger partial charge in [0.15, 0.2) is 11.4 Å². The molecule has 5 aliphatic carbocycles. The van der Waals surface area contributed by atoms with Crippen LogP contribution in [0.3, 0.4) is 0 Å². The van der Waals surface area contributed by atoms with Crippen LogP contribution in [-0.2, 0) is 4.79 Å². The van der Waals surface area contributed by atoms with Crippen LogP contribution in [0, 0.1) is 28.6 Å². The smallest absolute Gasteiger partial charge is 0.194 e. The lowest BCUT2D eigenvalue weighted by Gasteiger charge is -2.59. The number of hydrogen-bond acceptors (Lipinski definition) is 5. The molecule has 6 bridgehead atoms. The van der Waals surface area contributed by atoms with Crippen LogP contribution in [0.1, 0.15) is 46.0 Å². The van der Waals surface area contributed by atoms with Gasteiger partial charge in [-0.1, -0.05) is 25.5 Å². The molecule has 4 N–H and O–H groups in total. The molecule has 142 valence electrons. The molecule has 3 saturated carbocycles. The van der Waals surface area contributed by atoms with Crippen molar-refractivity contribution in [2.24, 2.45) is 28.6 Å². The SMILES string of the molecule is C[C@]12C/C3=C4\C[C@H]5[C@H](CC=C1CC3O)[C@@H]2C(O)C[C@]5(C)[C@@]4(O)C(=O)CO. The first-order valence-corrected chi connectivity index (χ1v) is 9.83. The van der Waals surface area contributed by atoms with E-state index in [1.807, 2.05) is 6.92 Å². The molecule has 3 fully saturated rings. The van der Waals surface area contributed by atoms with E-state index in [9.17, 15) is 25.2 Å². The molecule has 0 aromatic carbocycles. The van der Waals surface area contributed by atoms with Gasteiger partial charge in [0, 0.05) is 5.41 Å². The van der Waals surface area contributed by atoms with E-state index in [4.69, 9.17) is 0 Å². The van der Waals surface area contributed by atoms with E-state index in [-0.39, 0.29) is 23.2 Å². The summed E-state index contributed by atoms with van der Waals surface area (Å²) in [6.45, 7) is 3.36. The Bertz CT molecular complexity index is 768. The first-order chi connectivity index (χ1) is 12.2. The summed E-state index contributed by atoms with van der Waals surface area (Å²) in [6, 6.07) is 0. The summed E-state index contributed by atoms with van der Waals surface area (Å²) >= 11 is 0. The number of carbonyl (C=O) groups is 1. The fourth-order valence-corrected chi connectivity index (χ4v) is 7.82. The highest BCUT2D eigenvalue weighted by atomic mass is 16.3. The quantitative estimate of drug-likeness (QED) is 0.553. The third-order valence-corrected chi connectivity index (χ3v) is 8.95. The highest BCUT2D eigenvalue weighted by molar-refractivity contribution is 5.93. The molecule has 8 atom stereocenters. The normalized spacial score (nSPS) is 57.0. The average molecular weight is 360 g/mol. The molecule has 5 heteroatoms. The largest absolute Gasteiger partial charge is 0.393 e. The van der Waals surface area contributed by atoms with Gasteiger partial charge in [-0.25, -0.2) is 0 Å². The van der Waals surface area contributed by atoms with E-state index in [1.165, 1.54) is 5.57 Å². The number of fused-ring (bicyclic) bond motifs is 2. The van der Waals surface area contributed by atoms with E-state index in [0.29, 0.717) is 31.3 Å². The molecule has 0 aromatic rings. The molecule has 0 saturated heterocycles. The highest BCUT2D eigenvalue weighted by Gasteiger charge is 2.72. The Hall–Kier alpha value is -1.01. The van der Waals surface area contributed by atoms with Crippen LogP contribution in [0.4, 0.5) is 0 Å². The summed E-state index contributed by atoms with van der Waals surface area (Å²) in [5, 5.41) is 43.5. The topological polar surface area (TPSA) is 98.0 Å². The predicted molar refractivity (Wildman–Crippen MR) is 93.9 cm³/mol. The Morgan fingerprint density at radius 2 is 2.00 bits per heavy atom. The lowest BCUT2D eigenvalue weighted by molar-refractivity contribution is -0.172. The molecular weight excluding hydrogens is 332 g/mol. The Morgan fingerprint density at radius 3 is 2.69 bits per heavy atom. The minimum absolute atomic E-state index is 0.0733. The maximum Gasteiger partial charge on any atom is 0.194 e. The van der Waals surface area contributed by atoms with Crippen LogP contribution in [0.5, 0.6) is 0 Å². The van der Waals surface area contributed by atoms with E-state index < -0.39 is 35.6 Å². The zero-order chi connectivity index (χ0) is 18.6. The van der Waals surface area contributed by atoms with Crippen LogP contribution in [0.25, 0.3) is 0 Å². The lowest BCUT2D eigenvalue weighted by atomic mass is 9.46. The zero-order valence-corrected chi connectivity index (χ0v) is 15.4. The van der Waals surface area contributed by atoms with Crippen molar-refractivity contribution >= 4 is 5.78 Å². The standard InChI is InChI=1S/C21H28O5/c1-19-7-12-14-6-13-11(4-3-10(19)5-15(12)23)18(19)16(24)8-20(13,2)21(14,26)17(25)9-22/h3,11,13,15-16,18,22-24,26H,4-9H2,1-2H3/b14-12-/t11-,13-,15?,16?,18+,19-,20-,21-/m0/s1. The molecule has 0 aliphatic heterocycles. The van der Waals surface area contributed by atoms with E-state index in [2.05, 4.69) is 13.0 Å². The van der Waals surface area contributed by atoms with Gasteiger partial charge in [0.1, 0.15) is 6.61 Å². The predicted octanol–water partition coefficient (Wildman–Crippen LogP) is 1.10. The van der Waals surface area contributed by atoms with Crippen LogP contribution in [0.2, 0.25) is 0 Å². The fraction of sp³-hybridized carbons (Fsp3) is 0.762. The molecule has 0 aromatic heterocycles. The molecule has 5 nitrogen and oxygen atoms in total. The number of hydrogen-bond donors (Lipinski definition) is 4. The van der Waals surface area contributed by atoms with Gasteiger partial charge < -0.3 is 20.4 Å². The molecule has 0 amide bonds. The Kier molecular flexibility index (Phi) is 3.21. The summed E-state index contributed by atoms with van der Waals surface area (Å²) in [5.41, 5.74) is -0.190. The zero-order valence-electron chi connectivity index (χ0n) is 15.4. The van der Waals surface area contributed by atoms with Crippen molar-refractivity contribution in [1.29, 1.82) is 0 Å². The number of Topliss-reactive ketones (excluding diaryl/α,β-unsaturated/α-hetero) is 1. The van der Waals surface area contributed by atoms with Gasteiger partial charge in [0.25, 0.3) is 0 Å². The van der Waals surface area contributed by atoms with Crippen LogP contribution in [-0.4, -0.2) is 50.6 Å². The van der Waals surface area contributed by atoms with Gasteiger partial charge in [-0.3, -0.25) is 4.79 Å². The number of aliphatic hydroxyl groups is 4. The molecule has 26 heavy (non-hydrogen) atoms. The summed E-state index contributed by atoms with van der Waals surface area (Å²) in [4.78, 5) is 12.8. The summed E-state index contributed by atoms with van der Waals surface area (Å²) in [7, 11) is 0. The number of aliphatic hydroxyl groups excluding tert-OH is 3. The second-order valence-corrected chi connectivity index (χ2v) is 9.76. The summed E-state index contributed by atoms with van der Waals surface area (Å²) in [5.74, 6) is -0.214. The lowest BCUT2D eigenvalue weighted by Crippen LogP contribution is -2.61. The van der Waals surface area contributed by atoms with Crippen LogP contribution < -0.4 is 0 Å². The van der Waals surface area contributed by atoms with Gasteiger partial charge in [-0.2, -0.15) is 0 Å². The third kappa shape index (κ3) is 1.61. The highest BCUT2D eigenvalue weighted by Crippen LogP contribution is 2.71. The van der Waals surface area contributed by atoms with Gasteiger partial charge in [-0.15, -0.1) is 0 Å². The fourth-order valence-electron chi connectivity index (χ4n) is 7.82. The van der Waals surface area contributed by atoms with Crippen molar-refractivity contribution in [2.75, 3.05) is 6.61 Å². The first kappa shape index (κ1) is 17.1. The second kappa shape index (κ2) is 4.88. The minimum atomic E-state index is -1.79. The average Bonchev–Trinajstić information content (AvgIpc) is 2.83. The molecule has 5 aliphatic rings. The van der Waals surface area contributed by atoms with Crippen molar-refractivity contribution in [1.82, 2.24) is 0 Å². The van der Waals surface area contributed by atoms with Gasteiger partial charge in [0.2, 0.25) is 0 Å². The van der Waals surface area contributed by atoms with E-state index in [1.54, 1.807) is 0 Å². The molecule has 5 rings (SSSR count). The van der Waals surface area contributed by atoms with Crippen molar-refractivity contribution < 1.29 is 25.2 Å². The Balaban J connectivity index is 1.86. The monoisotopic (exact) mass is 360 g/mol. The van der Waals surface area contributed by atoms with Gasteiger partial charge in [-0.05, 0) is 66.4 Å². The van der Waals surface area contributed by atoms with Crippen molar-refractivity contribution in [3.05, 3.63) is 22.8 Å². The van der Waals surface area contributed by atoms with E-state index in [0.717, 1.165) is 12.0 Å².